The maximum absolute atomic E-state index is 14.5. The molecule has 1 aliphatic rings. The maximum atomic E-state index is 14.5. The number of Topliss-reactive ketones (excluding diaryl/α,β-unsaturated/α-hetero) is 1. The Balaban J connectivity index is 2.17. The Morgan fingerprint density at radius 3 is 2.48 bits per heavy atom. The number of carbonyl (C=O) groups is 2. The number of hydrogen-bond acceptors (Lipinski definition) is 5. The van der Waals surface area contributed by atoms with E-state index in [2.05, 4.69) is 4.98 Å². The third-order valence-electron chi connectivity index (χ3n) is 4.48. The first-order valence-electron chi connectivity index (χ1n) is 8.49. The molecule has 3 rings (SSSR count). The molecule has 1 atom stereocenters. The van der Waals surface area contributed by atoms with Gasteiger partial charge in [0.25, 0.3) is 11.7 Å². The number of amides is 1. The van der Waals surface area contributed by atoms with Crippen LogP contribution in [0.1, 0.15) is 17.2 Å². The fourth-order valence-corrected chi connectivity index (χ4v) is 3.10. The highest BCUT2D eigenvalue weighted by Gasteiger charge is 2.46. The van der Waals surface area contributed by atoms with Crippen LogP contribution in [0.25, 0.3) is 5.76 Å². The minimum atomic E-state index is -0.987. The lowest BCUT2D eigenvalue weighted by molar-refractivity contribution is -0.140. The smallest absolute Gasteiger partial charge is 0.295 e. The molecule has 0 bridgehead atoms. The third kappa shape index (κ3) is 3.59. The fraction of sp³-hybridized carbons (Fsp3) is 0.250. The number of aliphatic hydroxyl groups excluding tert-OH is 1. The Kier molecular flexibility index (Phi) is 5.32. The lowest BCUT2D eigenvalue weighted by Gasteiger charge is -2.26. The van der Waals surface area contributed by atoms with E-state index in [4.69, 9.17) is 0 Å². The van der Waals surface area contributed by atoms with E-state index in [1.165, 1.54) is 47.6 Å². The summed E-state index contributed by atoms with van der Waals surface area (Å²) in [5.74, 6) is -2.45. The number of benzene rings is 1. The summed E-state index contributed by atoms with van der Waals surface area (Å²) in [5.41, 5.74) is 0.401. The average molecular weight is 369 g/mol. The molecule has 7 heteroatoms. The zero-order chi connectivity index (χ0) is 19.6. The second-order valence-electron chi connectivity index (χ2n) is 6.55. The first-order chi connectivity index (χ1) is 12.9. The highest BCUT2D eigenvalue weighted by Crippen LogP contribution is 2.39. The molecular formula is C20H20FN3O3. The van der Waals surface area contributed by atoms with Gasteiger partial charge in [-0.1, -0.05) is 18.2 Å². The van der Waals surface area contributed by atoms with Crippen molar-refractivity contribution in [3.63, 3.8) is 0 Å². The quantitative estimate of drug-likeness (QED) is 0.497. The number of aromatic nitrogens is 1. The molecule has 1 N–H and O–H groups in total. The summed E-state index contributed by atoms with van der Waals surface area (Å²) in [6.07, 6.45) is 2.94. The molecule has 1 aromatic carbocycles. The van der Waals surface area contributed by atoms with E-state index in [0.717, 1.165) is 0 Å². The van der Waals surface area contributed by atoms with Gasteiger partial charge in [-0.05, 0) is 32.3 Å². The molecule has 140 valence electrons. The Labute approximate surface area is 156 Å². The predicted molar refractivity (Wildman–Crippen MR) is 98.2 cm³/mol. The molecule has 6 nitrogen and oxygen atoms in total. The highest BCUT2D eigenvalue weighted by atomic mass is 19.1. The standard InChI is InChI=1S/C20H20FN3O3/c1-23(2)11-12-24-17(14-5-3-4-6-15(14)21)16(19(26)20(24)27)18(25)13-7-9-22-10-8-13/h3-10,17,25H,11-12H2,1-2H3. The first kappa shape index (κ1) is 18.7. The molecule has 1 saturated heterocycles. The Morgan fingerprint density at radius 1 is 1.19 bits per heavy atom. The summed E-state index contributed by atoms with van der Waals surface area (Å²) in [6.45, 7) is 0.719. The molecule has 2 aromatic rings. The minimum Gasteiger partial charge on any atom is -0.507 e. The van der Waals surface area contributed by atoms with Gasteiger partial charge in [-0.2, -0.15) is 0 Å². The number of likely N-dealkylation sites (tertiary alicyclic amines) is 1. The summed E-state index contributed by atoms with van der Waals surface area (Å²) < 4.78 is 14.5. The number of aliphatic hydroxyl groups is 1. The van der Waals surface area contributed by atoms with Crippen LogP contribution in [0.5, 0.6) is 0 Å². The summed E-state index contributed by atoms with van der Waals surface area (Å²) in [4.78, 5) is 32.4. The van der Waals surface area contributed by atoms with Crippen molar-refractivity contribution in [2.75, 3.05) is 27.2 Å². The Morgan fingerprint density at radius 2 is 1.85 bits per heavy atom. The zero-order valence-electron chi connectivity index (χ0n) is 15.1. The van der Waals surface area contributed by atoms with Crippen LogP contribution in [-0.4, -0.2) is 58.8 Å². The molecule has 1 unspecified atom stereocenters. The Bertz CT molecular complexity index is 896. The average Bonchev–Trinajstić information content (AvgIpc) is 2.91. The van der Waals surface area contributed by atoms with Gasteiger partial charge in [0.05, 0.1) is 11.6 Å². The van der Waals surface area contributed by atoms with Gasteiger partial charge in [0.2, 0.25) is 0 Å². The van der Waals surface area contributed by atoms with E-state index in [0.29, 0.717) is 12.1 Å². The van der Waals surface area contributed by atoms with Crippen molar-refractivity contribution in [1.29, 1.82) is 0 Å². The van der Waals surface area contributed by atoms with E-state index in [1.54, 1.807) is 6.07 Å². The third-order valence-corrected chi connectivity index (χ3v) is 4.48. The molecule has 1 fully saturated rings. The monoisotopic (exact) mass is 369 g/mol. The van der Waals surface area contributed by atoms with Gasteiger partial charge in [0, 0.05) is 36.6 Å². The highest BCUT2D eigenvalue weighted by molar-refractivity contribution is 6.46. The first-order valence-corrected chi connectivity index (χ1v) is 8.49. The van der Waals surface area contributed by atoms with Crippen LogP contribution in [0.3, 0.4) is 0 Å². The van der Waals surface area contributed by atoms with Crippen molar-refractivity contribution in [2.24, 2.45) is 0 Å². The molecule has 0 saturated carbocycles. The van der Waals surface area contributed by atoms with Gasteiger partial charge < -0.3 is 14.9 Å². The van der Waals surface area contributed by atoms with E-state index < -0.39 is 23.5 Å². The van der Waals surface area contributed by atoms with E-state index >= 15 is 0 Å². The number of ketones is 1. The number of pyridine rings is 1. The van der Waals surface area contributed by atoms with E-state index in [9.17, 15) is 19.1 Å². The maximum Gasteiger partial charge on any atom is 0.295 e. The number of nitrogens with zero attached hydrogens (tertiary/aromatic N) is 3. The van der Waals surface area contributed by atoms with E-state index in [1.807, 2.05) is 19.0 Å². The van der Waals surface area contributed by atoms with Gasteiger partial charge in [0.15, 0.2) is 0 Å². The molecule has 0 spiro atoms. The number of likely N-dealkylation sites (N-methyl/N-ethyl adjacent to an activating group) is 1. The van der Waals surface area contributed by atoms with Crippen molar-refractivity contribution in [3.8, 4) is 0 Å². The van der Waals surface area contributed by atoms with Crippen LogP contribution >= 0.6 is 0 Å². The predicted octanol–water partition coefficient (Wildman–Crippen LogP) is 2.20. The summed E-state index contributed by atoms with van der Waals surface area (Å²) >= 11 is 0. The molecule has 1 aromatic heterocycles. The normalized spacial score (nSPS) is 19.1. The number of halogens is 1. The lowest BCUT2D eigenvalue weighted by Crippen LogP contribution is -2.35. The van der Waals surface area contributed by atoms with Crippen LogP contribution in [0.15, 0.2) is 54.4 Å². The summed E-state index contributed by atoms with van der Waals surface area (Å²) in [7, 11) is 3.68. The van der Waals surface area contributed by atoms with Gasteiger partial charge in [0.1, 0.15) is 11.6 Å². The van der Waals surface area contributed by atoms with Gasteiger partial charge in [-0.15, -0.1) is 0 Å². The summed E-state index contributed by atoms with van der Waals surface area (Å²) in [6, 6.07) is 8.04. The second-order valence-corrected chi connectivity index (χ2v) is 6.55. The minimum absolute atomic E-state index is 0.116. The lowest BCUT2D eigenvalue weighted by atomic mass is 9.95. The van der Waals surface area contributed by atoms with Gasteiger partial charge in [-0.3, -0.25) is 14.6 Å². The SMILES string of the molecule is CN(C)CCN1C(=O)C(=O)C(=C(O)c2ccncc2)C1c1ccccc1F. The van der Waals surface area contributed by atoms with Crippen molar-refractivity contribution >= 4 is 17.4 Å². The van der Waals surface area contributed by atoms with Crippen molar-refractivity contribution in [3.05, 3.63) is 71.3 Å². The largest absolute Gasteiger partial charge is 0.507 e. The molecule has 0 radical (unpaired) electrons. The Hall–Kier alpha value is -3.06. The van der Waals surface area contributed by atoms with Gasteiger partial charge in [-0.25, -0.2) is 4.39 Å². The zero-order valence-corrected chi connectivity index (χ0v) is 15.1. The number of carbonyl (C=O) groups excluding carboxylic acids is 2. The van der Waals surface area contributed by atoms with E-state index in [-0.39, 0.29) is 23.4 Å². The van der Waals surface area contributed by atoms with Crippen LogP contribution < -0.4 is 0 Å². The van der Waals surface area contributed by atoms with Crippen molar-refractivity contribution in [2.45, 2.75) is 6.04 Å². The molecule has 2 heterocycles. The number of rotatable bonds is 5. The molecule has 0 aliphatic carbocycles. The second kappa shape index (κ2) is 7.67. The van der Waals surface area contributed by atoms with Crippen LogP contribution in [-0.2, 0) is 9.59 Å². The fourth-order valence-electron chi connectivity index (χ4n) is 3.10. The molecule has 27 heavy (non-hydrogen) atoms. The summed E-state index contributed by atoms with van der Waals surface area (Å²) in [5, 5.41) is 10.7. The molecule has 1 aliphatic heterocycles. The molecular weight excluding hydrogens is 349 g/mol. The number of hydrogen-bond donors (Lipinski definition) is 1. The van der Waals surface area contributed by atoms with Crippen LogP contribution in [0.4, 0.5) is 4.39 Å². The van der Waals surface area contributed by atoms with Crippen LogP contribution in [0.2, 0.25) is 0 Å². The van der Waals surface area contributed by atoms with Crippen molar-refractivity contribution in [1.82, 2.24) is 14.8 Å². The van der Waals surface area contributed by atoms with Crippen LogP contribution in [0, 0.1) is 5.82 Å². The topological polar surface area (TPSA) is 73.7 Å². The van der Waals surface area contributed by atoms with Crippen molar-refractivity contribution < 1.29 is 19.1 Å². The molecule has 1 amide bonds. The van der Waals surface area contributed by atoms with Gasteiger partial charge >= 0.3 is 0 Å².